The Kier molecular flexibility index (Phi) is 3.25. The van der Waals surface area contributed by atoms with E-state index in [2.05, 4.69) is 5.32 Å². The molecule has 1 aliphatic carbocycles. The molecule has 1 aliphatic heterocycles. The largest absolute Gasteiger partial charge is 0.376 e. The molecule has 5 heteroatoms. The summed E-state index contributed by atoms with van der Waals surface area (Å²) < 4.78 is 5.60. The van der Waals surface area contributed by atoms with Gasteiger partial charge >= 0.3 is 0 Å². The number of halogens is 1. The molecule has 0 aromatic heterocycles. The molecule has 102 valence electrons. The third-order valence-corrected chi connectivity index (χ3v) is 4.67. The number of benzene rings is 1. The molecule has 4 atom stereocenters. The van der Waals surface area contributed by atoms with Crippen molar-refractivity contribution < 1.29 is 9.53 Å². The van der Waals surface area contributed by atoms with Crippen molar-refractivity contribution >= 4 is 17.5 Å². The minimum atomic E-state index is -0.130. The van der Waals surface area contributed by atoms with Crippen LogP contribution < -0.4 is 11.1 Å². The number of nitrogens with two attached hydrogens (primary N) is 1. The predicted molar refractivity (Wildman–Crippen MR) is 73.3 cm³/mol. The average molecular weight is 281 g/mol. The minimum Gasteiger partial charge on any atom is -0.376 e. The summed E-state index contributed by atoms with van der Waals surface area (Å²) in [6, 6.07) is 5.24. The maximum Gasteiger partial charge on any atom is 0.251 e. The van der Waals surface area contributed by atoms with E-state index in [1.165, 1.54) is 0 Å². The molecule has 19 heavy (non-hydrogen) atoms. The van der Waals surface area contributed by atoms with Crippen molar-refractivity contribution in [1.82, 2.24) is 5.32 Å². The first-order valence-corrected chi connectivity index (χ1v) is 6.90. The fraction of sp³-hybridized carbons (Fsp3) is 0.500. The smallest absolute Gasteiger partial charge is 0.251 e. The van der Waals surface area contributed by atoms with Crippen molar-refractivity contribution in [2.45, 2.75) is 31.5 Å². The lowest BCUT2D eigenvalue weighted by Crippen LogP contribution is -2.69. The molecule has 1 amide bonds. The summed E-state index contributed by atoms with van der Waals surface area (Å²) in [5.74, 6) is 0.264. The number of hydrogen-bond donors (Lipinski definition) is 2. The quantitative estimate of drug-likeness (QED) is 0.863. The molecule has 1 aromatic rings. The Hall–Kier alpha value is -1.10. The molecule has 4 unspecified atom stereocenters. The van der Waals surface area contributed by atoms with E-state index in [0.29, 0.717) is 16.5 Å². The number of carbonyl (C=O) groups is 1. The van der Waals surface area contributed by atoms with E-state index in [-0.39, 0.29) is 24.1 Å². The van der Waals surface area contributed by atoms with E-state index in [1.807, 2.05) is 6.92 Å². The van der Waals surface area contributed by atoms with Crippen LogP contribution >= 0.6 is 11.6 Å². The summed E-state index contributed by atoms with van der Waals surface area (Å²) in [6.45, 7) is 2.58. The Morgan fingerprint density at radius 2 is 2.32 bits per heavy atom. The number of carbonyl (C=O) groups excluding carboxylic acids is 1. The Labute approximate surface area is 117 Å². The molecule has 0 bridgehead atoms. The van der Waals surface area contributed by atoms with E-state index in [4.69, 9.17) is 22.1 Å². The number of ether oxygens (including phenoxy) is 1. The highest BCUT2D eigenvalue weighted by molar-refractivity contribution is 6.31. The van der Waals surface area contributed by atoms with Gasteiger partial charge in [-0.1, -0.05) is 17.7 Å². The van der Waals surface area contributed by atoms with Crippen LogP contribution in [0, 0.1) is 12.8 Å². The van der Waals surface area contributed by atoms with Crippen molar-refractivity contribution in [3.05, 3.63) is 34.3 Å². The van der Waals surface area contributed by atoms with E-state index in [0.717, 1.165) is 18.6 Å². The summed E-state index contributed by atoms with van der Waals surface area (Å²) in [5, 5.41) is 3.57. The number of hydrogen-bond acceptors (Lipinski definition) is 3. The van der Waals surface area contributed by atoms with Crippen LogP contribution in [-0.2, 0) is 4.74 Å². The van der Waals surface area contributed by atoms with Crippen LogP contribution in [0.15, 0.2) is 18.2 Å². The molecular weight excluding hydrogens is 264 g/mol. The van der Waals surface area contributed by atoms with Gasteiger partial charge in [0, 0.05) is 29.2 Å². The van der Waals surface area contributed by atoms with Crippen LogP contribution in [-0.4, -0.2) is 30.7 Å². The van der Waals surface area contributed by atoms with Gasteiger partial charge in [-0.15, -0.1) is 0 Å². The van der Waals surface area contributed by atoms with Crippen LogP contribution in [0.25, 0.3) is 0 Å². The molecule has 2 aliphatic rings. The molecule has 1 saturated heterocycles. The lowest BCUT2D eigenvalue weighted by atomic mass is 9.72. The first-order chi connectivity index (χ1) is 9.09. The van der Waals surface area contributed by atoms with Crippen molar-refractivity contribution in [3.63, 3.8) is 0 Å². The first kappa shape index (κ1) is 12.9. The molecule has 4 nitrogen and oxygen atoms in total. The maximum atomic E-state index is 12.3. The molecule has 0 spiro atoms. The normalized spacial score (nSPS) is 32.6. The fourth-order valence-electron chi connectivity index (χ4n) is 3.01. The Bertz CT molecular complexity index is 520. The van der Waals surface area contributed by atoms with Crippen LogP contribution in [0.2, 0.25) is 5.02 Å². The zero-order chi connectivity index (χ0) is 13.6. The minimum absolute atomic E-state index is 0.00376. The van der Waals surface area contributed by atoms with Crippen molar-refractivity contribution in [3.8, 4) is 0 Å². The highest BCUT2D eigenvalue weighted by atomic mass is 35.5. The van der Waals surface area contributed by atoms with Crippen molar-refractivity contribution in [2.75, 3.05) is 6.61 Å². The van der Waals surface area contributed by atoms with E-state index < -0.39 is 0 Å². The first-order valence-electron chi connectivity index (χ1n) is 6.53. The van der Waals surface area contributed by atoms with E-state index in [1.54, 1.807) is 18.2 Å². The van der Waals surface area contributed by atoms with Gasteiger partial charge in [-0.2, -0.15) is 0 Å². The topological polar surface area (TPSA) is 64.4 Å². The molecule has 2 fully saturated rings. The van der Waals surface area contributed by atoms with Gasteiger partial charge < -0.3 is 15.8 Å². The molecule has 1 aromatic carbocycles. The predicted octanol–water partition coefficient (Wildman–Crippen LogP) is 1.49. The Balaban J connectivity index is 1.73. The molecule has 3 N–H and O–H groups in total. The van der Waals surface area contributed by atoms with Crippen LogP contribution in [0.3, 0.4) is 0 Å². The van der Waals surface area contributed by atoms with Gasteiger partial charge in [0.15, 0.2) is 0 Å². The third-order valence-electron chi connectivity index (χ3n) is 4.26. The Morgan fingerprint density at radius 1 is 1.53 bits per heavy atom. The summed E-state index contributed by atoms with van der Waals surface area (Å²) in [5.41, 5.74) is 7.47. The zero-order valence-corrected chi connectivity index (χ0v) is 11.5. The van der Waals surface area contributed by atoms with E-state index in [9.17, 15) is 4.79 Å². The standard InChI is InChI=1S/C14H17ClN2O2/c1-7-8(3-2-4-10(7)15)14(18)17-12-11(16)9-5-6-19-13(9)12/h2-4,9,11-13H,5-6,16H2,1H3,(H,17,18). The van der Waals surface area contributed by atoms with Gasteiger partial charge in [0.1, 0.15) is 0 Å². The highest BCUT2D eigenvalue weighted by Gasteiger charge is 2.52. The zero-order valence-electron chi connectivity index (χ0n) is 10.7. The second-order valence-corrected chi connectivity index (χ2v) is 5.68. The lowest BCUT2D eigenvalue weighted by molar-refractivity contribution is -0.0161. The van der Waals surface area contributed by atoms with Crippen LogP contribution in [0.5, 0.6) is 0 Å². The summed E-state index contributed by atoms with van der Waals surface area (Å²) in [6.07, 6.45) is 1.08. The van der Waals surface area contributed by atoms with Gasteiger partial charge in [0.2, 0.25) is 0 Å². The van der Waals surface area contributed by atoms with Gasteiger partial charge in [0.05, 0.1) is 12.1 Å². The number of nitrogens with one attached hydrogen (secondary N) is 1. The lowest BCUT2D eigenvalue weighted by Gasteiger charge is -2.45. The molecule has 1 saturated carbocycles. The number of rotatable bonds is 2. The van der Waals surface area contributed by atoms with E-state index >= 15 is 0 Å². The second-order valence-electron chi connectivity index (χ2n) is 5.28. The maximum absolute atomic E-state index is 12.3. The average Bonchev–Trinajstić information content (AvgIpc) is 2.83. The van der Waals surface area contributed by atoms with Gasteiger partial charge in [-0.25, -0.2) is 0 Å². The number of fused-ring (bicyclic) bond motifs is 1. The van der Waals surface area contributed by atoms with Gasteiger partial charge in [-0.05, 0) is 31.0 Å². The molecule has 3 rings (SSSR count). The summed E-state index contributed by atoms with van der Waals surface area (Å²) in [7, 11) is 0. The second kappa shape index (κ2) is 4.78. The van der Waals surface area contributed by atoms with Gasteiger partial charge in [0.25, 0.3) is 5.91 Å². The monoisotopic (exact) mass is 280 g/mol. The van der Waals surface area contributed by atoms with Gasteiger partial charge in [-0.3, -0.25) is 4.79 Å². The third kappa shape index (κ3) is 2.04. The van der Waals surface area contributed by atoms with Crippen LogP contribution in [0.4, 0.5) is 0 Å². The summed E-state index contributed by atoms with van der Waals surface area (Å²) >= 11 is 6.03. The fourth-order valence-corrected chi connectivity index (χ4v) is 3.18. The number of amides is 1. The molecule has 1 heterocycles. The van der Waals surface area contributed by atoms with Crippen molar-refractivity contribution in [1.29, 1.82) is 0 Å². The highest BCUT2D eigenvalue weighted by Crippen LogP contribution is 2.37. The molecular formula is C14H17ClN2O2. The van der Waals surface area contributed by atoms with Crippen LogP contribution in [0.1, 0.15) is 22.3 Å². The molecule has 0 radical (unpaired) electrons. The summed E-state index contributed by atoms with van der Waals surface area (Å²) in [4.78, 5) is 12.3. The van der Waals surface area contributed by atoms with Crippen molar-refractivity contribution in [2.24, 2.45) is 11.7 Å². The SMILES string of the molecule is Cc1c(Cl)cccc1C(=O)NC1C(N)C2CCOC21. The Morgan fingerprint density at radius 3 is 3.11 bits per heavy atom.